The predicted molar refractivity (Wildman–Crippen MR) is 98.4 cm³/mol. The molecule has 0 bridgehead atoms. The Balaban J connectivity index is 1.42. The van der Waals surface area contributed by atoms with E-state index in [4.69, 9.17) is 16.6 Å². The third-order valence-electron chi connectivity index (χ3n) is 6.15. The molecule has 2 aromatic heterocycles. The molecule has 0 aromatic carbocycles. The molecule has 1 saturated carbocycles. The lowest BCUT2D eigenvalue weighted by molar-refractivity contribution is 0.0691. The summed E-state index contributed by atoms with van der Waals surface area (Å²) in [6.07, 6.45) is 10.8. The Labute approximate surface area is 158 Å². The minimum absolute atomic E-state index is 0.00776. The minimum atomic E-state index is -0.00776. The van der Waals surface area contributed by atoms with Crippen molar-refractivity contribution in [2.24, 2.45) is 0 Å². The molecule has 26 heavy (non-hydrogen) atoms. The van der Waals surface area contributed by atoms with Crippen LogP contribution < -0.4 is 0 Å². The highest BCUT2D eigenvalue weighted by Gasteiger charge is 2.32. The van der Waals surface area contributed by atoms with Crippen molar-refractivity contribution in [3.63, 3.8) is 0 Å². The summed E-state index contributed by atoms with van der Waals surface area (Å²) in [4.78, 5) is 20.0. The van der Waals surface area contributed by atoms with Gasteiger partial charge in [-0.05, 0) is 38.5 Å². The van der Waals surface area contributed by atoms with Gasteiger partial charge in [-0.25, -0.2) is 4.98 Å². The van der Waals surface area contributed by atoms with Gasteiger partial charge in [0.1, 0.15) is 11.5 Å². The van der Waals surface area contributed by atoms with Gasteiger partial charge in [0, 0.05) is 18.8 Å². The van der Waals surface area contributed by atoms with Gasteiger partial charge in [-0.3, -0.25) is 9.48 Å². The second-order valence-electron chi connectivity index (χ2n) is 7.73. The fraction of sp³-hybridized carbons (Fsp3) is 0.632. The number of hydrogen-bond acceptors (Lipinski definition) is 3. The third-order valence-corrected chi connectivity index (χ3v) is 6.43. The fourth-order valence-corrected chi connectivity index (χ4v) is 5.01. The molecule has 3 aliphatic rings. The highest BCUT2D eigenvalue weighted by Crippen LogP contribution is 2.33. The minimum Gasteiger partial charge on any atom is -0.328 e. The molecule has 2 aromatic rings. The summed E-state index contributed by atoms with van der Waals surface area (Å²) in [5.41, 5.74) is 3.20. The van der Waals surface area contributed by atoms with Crippen LogP contribution in [0.1, 0.15) is 72.3 Å². The highest BCUT2D eigenvalue weighted by atomic mass is 35.5. The summed E-state index contributed by atoms with van der Waals surface area (Å²) >= 11 is 6.37. The molecule has 138 valence electrons. The van der Waals surface area contributed by atoms with Gasteiger partial charge in [0.25, 0.3) is 5.91 Å². The SMILES string of the molecule is O=C(c1c(Cl)cnn1C1CCCC1)N1CCn2c(nc3c2CCCC3)C1. The Morgan fingerprint density at radius 2 is 1.92 bits per heavy atom. The molecule has 3 heterocycles. The van der Waals surface area contributed by atoms with E-state index in [0.717, 1.165) is 38.1 Å². The van der Waals surface area contributed by atoms with Crippen LogP contribution in [0.15, 0.2) is 6.20 Å². The van der Waals surface area contributed by atoms with Crippen LogP contribution in [0, 0.1) is 0 Å². The number of nitrogens with zero attached hydrogens (tertiary/aromatic N) is 5. The van der Waals surface area contributed by atoms with E-state index in [0.29, 0.717) is 29.8 Å². The van der Waals surface area contributed by atoms with Crippen LogP contribution in [0.2, 0.25) is 5.02 Å². The van der Waals surface area contributed by atoms with Crippen molar-refractivity contribution >= 4 is 17.5 Å². The molecule has 0 unspecified atom stereocenters. The number of carbonyl (C=O) groups excluding carboxylic acids is 1. The normalized spacial score (nSPS) is 20.3. The summed E-state index contributed by atoms with van der Waals surface area (Å²) < 4.78 is 4.22. The summed E-state index contributed by atoms with van der Waals surface area (Å²) in [6, 6.07) is 0.306. The van der Waals surface area contributed by atoms with Crippen molar-refractivity contribution in [3.8, 4) is 0 Å². The quantitative estimate of drug-likeness (QED) is 0.810. The Bertz CT molecular complexity index is 848. The molecular weight excluding hydrogens is 350 g/mol. The summed E-state index contributed by atoms with van der Waals surface area (Å²) in [6.45, 7) is 2.11. The zero-order valence-electron chi connectivity index (χ0n) is 15.0. The largest absolute Gasteiger partial charge is 0.328 e. The Morgan fingerprint density at radius 1 is 1.12 bits per heavy atom. The molecular formula is C19H24ClN5O. The van der Waals surface area contributed by atoms with Gasteiger partial charge in [-0.2, -0.15) is 5.10 Å². The van der Waals surface area contributed by atoms with Crippen molar-refractivity contribution in [1.82, 2.24) is 24.2 Å². The van der Waals surface area contributed by atoms with Gasteiger partial charge >= 0.3 is 0 Å². The van der Waals surface area contributed by atoms with Crippen molar-refractivity contribution in [2.45, 2.75) is 70.5 Å². The van der Waals surface area contributed by atoms with Crippen molar-refractivity contribution in [2.75, 3.05) is 6.54 Å². The van der Waals surface area contributed by atoms with Gasteiger partial charge < -0.3 is 9.47 Å². The van der Waals surface area contributed by atoms with E-state index in [-0.39, 0.29) is 5.91 Å². The zero-order chi connectivity index (χ0) is 17.7. The van der Waals surface area contributed by atoms with E-state index >= 15 is 0 Å². The topological polar surface area (TPSA) is 56.0 Å². The zero-order valence-corrected chi connectivity index (χ0v) is 15.7. The number of aromatic nitrogens is 4. The second-order valence-corrected chi connectivity index (χ2v) is 8.14. The van der Waals surface area contributed by atoms with Gasteiger partial charge in [0.15, 0.2) is 0 Å². The molecule has 0 atom stereocenters. The Morgan fingerprint density at radius 3 is 2.77 bits per heavy atom. The van der Waals surface area contributed by atoms with Gasteiger partial charge in [-0.1, -0.05) is 24.4 Å². The maximum Gasteiger partial charge on any atom is 0.274 e. The smallest absolute Gasteiger partial charge is 0.274 e. The van der Waals surface area contributed by atoms with E-state index in [1.165, 1.54) is 37.1 Å². The van der Waals surface area contributed by atoms with Crippen molar-refractivity contribution < 1.29 is 4.79 Å². The van der Waals surface area contributed by atoms with Gasteiger partial charge in [-0.15, -0.1) is 0 Å². The fourth-order valence-electron chi connectivity index (χ4n) is 4.80. The first-order valence-corrected chi connectivity index (χ1v) is 10.2. The average molecular weight is 374 g/mol. The molecule has 0 saturated heterocycles. The first kappa shape index (κ1) is 16.4. The van der Waals surface area contributed by atoms with Crippen LogP contribution in [-0.2, 0) is 25.9 Å². The molecule has 1 aliphatic heterocycles. The summed E-state index contributed by atoms with van der Waals surface area (Å²) in [5.74, 6) is 1.02. The predicted octanol–water partition coefficient (Wildman–Crippen LogP) is 3.38. The molecule has 6 nitrogen and oxygen atoms in total. The lowest BCUT2D eigenvalue weighted by atomic mass is 10.0. The Hall–Kier alpha value is -1.82. The number of imidazole rings is 1. The molecule has 7 heteroatoms. The summed E-state index contributed by atoms with van der Waals surface area (Å²) in [5, 5.41) is 4.90. The van der Waals surface area contributed by atoms with Gasteiger partial charge in [0.05, 0.1) is 29.5 Å². The van der Waals surface area contributed by atoms with Crippen LogP contribution in [0.4, 0.5) is 0 Å². The van der Waals surface area contributed by atoms with Crippen LogP contribution in [0.25, 0.3) is 0 Å². The molecule has 1 amide bonds. The van der Waals surface area contributed by atoms with E-state index in [1.54, 1.807) is 6.20 Å². The maximum atomic E-state index is 13.3. The standard InChI is InChI=1S/C19H24ClN5O/c20-14-11-21-25(13-5-1-2-6-13)18(14)19(26)23-9-10-24-16-8-4-3-7-15(16)22-17(24)12-23/h11,13H,1-10,12H2. The van der Waals surface area contributed by atoms with Crippen LogP contribution in [0.3, 0.4) is 0 Å². The van der Waals surface area contributed by atoms with E-state index in [2.05, 4.69) is 9.67 Å². The number of carbonyl (C=O) groups is 1. The van der Waals surface area contributed by atoms with Crippen LogP contribution in [-0.4, -0.2) is 36.7 Å². The molecule has 0 radical (unpaired) electrons. The van der Waals surface area contributed by atoms with Crippen LogP contribution in [0.5, 0.6) is 0 Å². The lowest BCUT2D eigenvalue weighted by Crippen LogP contribution is -2.40. The van der Waals surface area contributed by atoms with E-state index in [1.807, 2.05) is 9.58 Å². The third kappa shape index (κ3) is 2.57. The second kappa shape index (κ2) is 6.41. The first-order valence-electron chi connectivity index (χ1n) is 9.82. The number of halogens is 1. The molecule has 5 rings (SSSR count). The highest BCUT2D eigenvalue weighted by molar-refractivity contribution is 6.33. The maximum absolute atomic E-state index is 13.3. The molecule has 1 fully saturated rings. The van der Waals surface area contributed by atoms with Gasteiger partial charge in [0.2, 0.25) is 0 Å². The molecule has 0 spiro atoms. The lowest BCUT2D eigenvalue weighted by Gasteiger charge is -2.29. The van der Waals surface area contributed by atoms with E-state index < -0.39 is 0 Å². The average Bonchev–Trinajstić information content (AvgIpc) is 3.38. The number of aryl methyl sites for hydroxylation is 1. The molecule has 2 aliphatic carbocycles. The molecule has 0 N–H and O–H groups in total. The monoisotopic (exact) mass is 373 g/mol. The number of hydrogen-bond donors (Lipinski definition) is 0. The number of amides is 1. The van der Waals surface area contributed by atoms with Crippen molar-refractivity contribution in [1.29, 1.82) is 0 Å². The summed E-state index contributed by atoms with van der Waals surface area (Å²) in [7, 11) is 0. The Kier molecular flexibility index (Phi) is 4.03. The van der Waals surface area contributed by atoms with Crippen molar-refractivity contribution in [3.05, 3.63) is 34.1 Å². The first-order chi connectivity index (χ1) is 12.7. The van der Waals surface area contributed by atoms with E-state index in [9.17, 15) is 4.79 Å². The number of rotatable bonds is 2. The number of fused-ring (bicyclic) bond motifs is 3. The van der Waals surface area contributed by atoms with Crippen LogP contribution >= 0.6 is 11.6 Å².